The SMILES string of the molecule is CC(C)(C)c1cccc(Pc2cccc(C(C)(C)C)c2C(C)(C)C)c1C(C)(C)C. The van der Waals surface area contributed by atoms with Crippen molar-refractivity contribution in [2.75, 3.05) is 0 Å². The quantitative estimate of drug-likeness (QED) is 0.449. The van der Waals surface area contributed by atoms with Gasteiger partial charge in [0.1, 0.15) is 0 Å². The van der Waals surface area contributed by atoms with Crippen LogP contribution in [0.15, 0.2) is 36.4 Å². The van der Waals surface area contributed by atoms with E-state index < -0.39 is 0 Å². The van der Waals surface area contributed by atoms with Crippen molar-refractivity contribution in [3.05, 3.63) is 58.7 Å². The highest BCUT2D eigenvalue weighted by Gasteiger charge is 2.30. The van der Waals surface area contributed by atoms with Crippen LogP contribution < -0.4 is 10.6 Å². The highest BCUT2D eigenvalue weighted by atomic mass is 31.1. The van der Waals surface area contributed by atoms with Gasteiger partial charge < -0.3 is 0 Å². The lowest BCUT2D eigenvalue weighted by Crippen LogP contribution is -2.31. The summed E-state index contributed by atoms with van der Waals surface area (Å²) in [6.07, 6.45) is 0. The van der Waals surface area contributed by atoms with Gasteiger partial charge in [-0.25, -0.2) is 0 Å². The topological polar surface area (TPSA) is 0 Å². The van der Waals surface area contributed by atoms with Gasteiger partial charge in [-0.3, -0.25) is 0 Å². The summed E-state index contributed by atoms with van der Waals surface area (Å²) in [6.45, 7) is 28.2. The molecular formula is C28H43P. The minimum absolute atomic E-state index is 0.121. The average Bonchev–Trinajstić information content (AvgIpc) is 2.50. The molecule has 0 aliphatic rings. The number of hydrogen-bond acceptors (Lipinski definition) is 0. The van der Waals surface area contributed by atoms with Crippen molar-refractivity contribution in [2.45, 2.75) is 105 Å². The van der Waals surface area contributed by atoms with E-state index in [2.05, 4.69) is 119 Å². The summed E-state index contributed by atoms with van der Waals surface area (Å²) in [5.74, 6) is 0. The van der Waals surface area contributed by atoms with Gasteiger partial charge in [0.25, 0.3) is 0 Å². The molecule has 0 aromatic heterocycles. The second-order valence-electron chi connectivity index (χ2n) is 12.6. The van der Waals surface area contributed by atoms with E-state index >= 15 is 0 Å². The molecule has 0 spiro atoms. The molecule has 0 saturated heterocycles. The molecular weight excluding hydrogens is 367 g/mol. The molecule has 2 rings (SSSR count). The molecule has 0 fully saturated rings. The molecule has 0 heterocycles. The molecule has 0 nitrogen and oxygen atoms in total. The first-order valence-corrected chi connectivity index (χ1v) is 12.0. The predicted octanol–water partition coefficient (Wildman–Crippen LogP) is 7.51. The van der Waals surface area contributed by atoms with E-state index in [1.54, 1.807) is 0 Å². The van der Waals surface area contributed by atoms with Crippen LogP contribution in [0.25, 0.3) is 0 Å². The number of rotatable bonds is 2. The van der Waals surface area contributed by atoms with Crippen LogP contribution in [0.3, 0.4) is 0 Å². The third-order valence-corrected chi connectivity index (χ3v) is 6.89. The van der Waals surface area contributed by atoms with Crippen LogP contribution >= 0.6 is 8.58 Å². The maximum atomic E-state index is 2.37. The molecule has 0 atom stereocenters. The van der Waals surface area contributed by atoms with Crippen molar-refractivity contribution in [1.29, 1.82) is 0 Å². The molecule has 29 heavy (non-hydrogen) atoms. The van der Waals surface area contributed by atoms with Crippen LogP contribution in [0.1, 0.15) is 105 Å². The molecule has 0 unspecified atom stereocenters. The summed E-state index contributed by atoms with van der Waals surface area (Å²) >= 11 is 0. The van der Waals surface area contributed by atoms with Gasteiger partial charge in [0.2, 0.25) is 0 Å². The third kappa shape index (κ3) is 5.52. The molecule has 2 aromatic rings. The Hall–Kier alpha value is -1.13. The van der Waals surface area contributed by atoms with Gasteiger partial charge in [-0.1, -0.05) is 128 Å². The van der Waals surface area contributed by atoms with E-state index in [1.165, 1.54) is 32.9 Å². The van der Waals surface area contributed by atoms with Crippen molar-refractivity contribution >= 4 is 19.2 Å². The lowest BCUT2D eigenvalue weighted by molar-refractivity contribution is 0.532. The van der Waals surface area contributed by atoms with Crippen molar-refractivity contribution in [3.63, 3.8) is 0 Å². The number of benzene rings is 2. The molecule has 0 aliphatic carbocycles. The van der Waals surface area contributed by atoms with E-state index in [9.17, 15) is 0 Å². The third-order valence-electron chi connectivity index (χ3n) is 5.51. The Labute approximate surface area is 182 Å². The fraction of sp³-hybridized carbons (Fsp3) is 0.571. The van der Waals surface area contributed by atoms with Crippen molar-refractivity contribution in [3.8, 4) is 0 Å². The van der Waals surface area contributed by atoms with Gasteiger partial charge in [-0.05, 0) is 54.5 Å². The molecule has 0 bridgehead atoms. The molecule has 160 valence electrons. The highest BCUT2D eigenvalue weighted by molar-refractivity contribution is 7.55. The summed E-state index contributed by atoms with van der Waals surface area (Å²) in [6, 6.07) is 13.9. The Balaban J connectivity index is 2.77. The van der Waals surface area contributed by atoms with Crippen LogP contribution in [-0.2, 0) is 21.7 Å². The van der Waals surface area contributed by atoms with E-state index in [4.69, 9.17) is 0 Å². The molecule has 0 N–H and O–H groups in total. The zero-order valence-electron chi connectivity index (χ0n) is 21.0. The van der Waals surface area contributed by atoms with Gasteiger partial charge in [0, 0.05) is 0 Å². The highest BCUT2D eigenvalue weighted by Crippen LogP contribution is 2.38. The standard InChI is InChI=1S/C28H43P/c1-25(2,3)19-15-13-17-21(23(19)27(7,8)9)29-22-18-14-16-20(26(4,5)6)24(22)28(10,11)12/h13-18,29H,1-12H3. The fourth-order valence-electron chi connectivity index (χ4n) is 4.32. The molecule has 0 amide bonds. The van der Waals surface area contributed by atoms with Gasteiger partial charge in [0.05, 0.1) is 0 Å². The Morgan fingerprint density at radius 2 is 0.759 bits per heavy atom. The normalized spacial score (nSPS) is 13.7. The van der Waals surface area contributed by atoms with Crippen LogP contribution in [0.5, 0.6) is 0 Å². The van der Waals surface area contributed by atoms with Gasteiger partial charge >= 0.3 is 0 Å². The molecule has 1 heteroatoms. The minimum atomic E-state index is 0.121. The first-order chi connectivity index (χ1) is 12.9. The van der Waals surface area contributed by atoms with Crippen LogP contribution in [0.4, 0.5) is 0 Å². The van der Waals surface area contributed by atoms with Gasteiger partial charge in [0.15, 0.2) is 0 Å². The maximum Gasteiger partial charge on any atom is -0.0123 e. The molecule has 0 radical (unpaired) electrons. The Morgan fingerprint density at radius 3 is 1.00 bits per heavy atom. The van der Waals surface area contributed by atoms with Crippen molar-refractivity contribution in [1.82, 2.24) is 0 Å². The summed E-state index contributed by atoms with van der Waals surface area (Å²) in [7, 11) is 0.672. The monoisotopic (exact) mass is 410 g/mol. The van der Waals surface area contributed by atoms with Crippen LogP contribution in [0.2, 0.25) is 0 Å². The lowest BCUT2D eigenvalue weighted by Gasteiger charge is -2.34. The summed E-state index contributed by atoms with van der Waals surface area (Å²) in [5.41, 5.74) is 6.56. The Kier molecular flexibility index (Phi) is 6.53. The molecule has 0 aliphatic heterocycles. The first kappa shape index (κ1) is 24.1. The second-order valence-corrected chi connectivity index (χ2v) is 13.9. The Bertz CT molecular complexity index is 786. The van der Waals surface area contributed by atoms with Crippen molar-refractivity contribution < 1.29 is 0 Å². The van der Waals surface area contributed by atoms with Crippen molar-refractivity contribution in [2.24, 2.45) is 0 Å². The van der Waals surface area contributed by atoms with E-state index in [-0.39, 0.29) is 21.7 Å². The smallest absolute Gasteiger partial charge is 0.0123 e. The van der Waals surface area contributed by atoms with Gasteiger partial charge in [-0.2, -0.15) is 0 Å². The summed E-state index contributed by atoms with van der Waals surface area (Å²) < 4.78 is 0. The van der Waals surface area contributed by atoms with Gasteiger partial charge in [-0.15, -0.1) is 0 Å². The minimum Gasteiger partial charge on any atom is -0.0613 e. The van der Waals surface area contributed by atoms with Crippen LogP contribution in [0, 0.1) is 0 Å². The average molecular weight is 411 g/mol. The molecule has 2 aromatic carbocycles. The predicted molar refractivity (Wildman–Crippen MR) is 135 cm³/mol. The zero-order chi connectivity index (χ0) is 22.4. The molecule has 0 saturated carbocycles. The van der Waals surface area contributed by atoms with E-state index in [0.717, 1.165) is 0 Å². The second kappa shape index (κ2) is 7.85. The van der Waals surface area contributed by atoms with E-state index in [0.29, 0.717) is 8.58 Å². The largest absolute Gasteiger partial charge is 0.0613 e. The summed E-state index contributed by atoms with van der Waals surface area (Å²) in [5, 5.41) is 3.00. The van der Waals surface area contributed by atoms with Crippen LogP contribution in [-0.4, -0.2) is 0 Å². The summed E-state index contributed by atoms with van der Waals surface area (Å²) in [4.78, 5) is 0. The fourth-order valence-corrected chi connectivity index (χ4v) is 6.24. The first-order valence-electron chi connectivity index (χ1n) is 11.0. The lowest BCUT2D eigenvalue weighted by atomic mass is 9.75. The number of hydrogen-bond donors (Lipinski definition) is 0. The maximum absolute atomic E-state index is 2.37. The Morgan fingerprint density at radius 1 is 0.448 bits per heavy atom. The zero-order valence-corrected chi connectivity index (χ0v) is 22.0. The van der Waals surface area contributed by atoms with E-state index in [1.807, 2.05) is 0 Å².